The number of sulfonamides is 1. The molecule has 8 heteroatoms. The van der Waals surface area contributed by atoms with Crippen molar-refractivity contribution in [1.82, 2.24) is 14.6 Å². The van der Waals surface area contributed by atoms with E-state index in [9.17, 15) is 13.2 Å². The maximum Gasteiger partial charge on any atom is 0.251 e. The van der Waals surface area contributed by atoms with Crippen LogP contribution in [0.5, 0.6) is 0 Å². The number of hydrogen-bond acceptors (Lipinski definition) is 4. The lowest BCUT2D eigenvalue weighted by Crippen LogP contribution is -2.42. The Morgan fingerprint density at radius 2 is 1.93 bits per heavy atom. The highest BCUT2D eigenvalue weighted by atomic mass is 35.5. The summed E-state index contributed by atoms with van der Waals surface area (Å²) in [4.78, 5) is 16.6. The molecule has 0 radical (unpaired) electrons. The van der Waals surface area contributed by atoms with E-state index in [1.807, 2.05) is 0 Å². The Balaban J connectivity index is 1.73. The topological polar surface area (TPSA) is 79.4 Å². The number of pyridine rings is 1. The standard InChI is InChI=1S/C20H24ClN3O3S/c1-14-8-15(2)13-24(12-14)28(26,27)18-5-3-4-17(9-18)20(25)23-11-16-6-7-19(21)22-10-16/h3-7,9-10,14-15H,8,11-13H2,1-2H3,(H,23,25). The second-order valence-electron chi connectivity index (χ2n) is 7.47. The zero-order chi connectivity index (χ0) is 20.3. The van der Waals surface area contributed by atoms with Crippen molar-refractivity contribution < 1.29 is 13.2 Å². The van der Waals surface area contributed by atoms with Gasteiger partial charge in [0.2, 0.25) is 10.0 Å². The fourth-order valence-electron chi connectivity index (χ4n) is 3.54. The number of carbonyl (C=O) groups is 1. The highest BCUT2D eigenvalue weighted by Gasteiger charge is 2.31. The molecule has 1 amide bonds. The largest absolute Gasteiger partial charge is 0.348 e. The highest BCUT2D eigenvalue weighted by molar-refractivity contribution is 7.89. The summed E-state index contributed by atoms with van der Waals surface area (Å²) in [6, 6.07) is 9.61. The van der Waals surface area contributed by atoms with Gasteiger partial charge in [-0.3, -0.25) is 4.79 Å². The predicted octanol–water partition coefficient (Wildman–Crippen LogP) is 3.33. The quantitative estimate of drug-likeness (QED) is 0.751. The van der Waals surface area contributed by atoms with Crippen LogP contribution in [0.2, 0.25) is 5.15 Å². The summed E-state index contributed by atoms with van der Waals surface area (Å²) in [5.74, 6) is 0.295. The molecule has 2 heterocycles. The minimum absolute atomic E-state index is 0.148. The second-order valence-corrected chi connectivity index (χ2v) is 9.79. The van der Waals surface area contributed by atoms with Crippen LogP contribution in [0.25, 0.3) is 0 Å². The van der Waals surface area contributed by atoms with Crippen molar-refractivity contribution in [3.8, 4) is 0 Å². The van der Waals surface area contributed by atoms with Crippen LogP contribution in [-0.4, -0.2) is 36.7 Å². The summed E-state index contributed by atoms with van der Waals surface area (Å²) >= 11 is 5.75. The first-order valence-corrected chi connectivity index (χ1v) is 11.1. The van der Waals surface area contributed by atoms with Crippen LogP contribution in [0, 0.1) is 11.8 Å². The summed E-state index contributed by atoms with van der Waals surface area (Å²) in [5, 5.41) is 3.16. The van der Waals surface area contributed by atoms with E-state index < -0.39 is 10.0 Å². The molecule has 2 unspecified atom stereocenters. The van der Waals surface area contributed by atoms with Gasteiger partial charge in [-0.15, -0.1) is 0 Å². The van der Waals surface area contributed by atoms with Crippen LogP contribution in [0.15, 0.2) is 47.5 Å². The lowest BCUT2D eigenvalue weighted by Gasteiger charge is -2.34. The van der Waals surface area contributed by atoms with Crippen molar-refractivity contribution in [3.63, 3.8) is 0 Å². The van der Waals surface area contributed by atoms with Crippen LogP contribution in [0.1, 0.15) is 36.2 Å². The number of nitrogens with one attached hydrogen (secondary N) is 1. The number of halogens is 1. The van der Waals surface area contributed by atoms with Crippen LogP contribution < -0.4 is 5.32 Å². The van der Waals surface area contributed by atoms with Crippen LogP contribution >= 0.6 is 11.6 Å². The summed E-state index contributed by atoms with van der Waals surface area (Å²) < 4.78 is 27.6. The maximum absolute atomic E-state index is 13.0. The molecule has 28 heavy (non-hydrogen) atoms. The number of benzene rings is 1. The summed E-state index contributed by atoms with van der Waals surface area (Å²) in [6.45, 7) is 5.42. The van der Waals surface area contributed by atoms with E-state index in [4.69, 9.17) is 11.6 Å². The predicted molar refractivity (Wildman–Crippen MR) is 109 cm³/mol. The zero-order valence-electron chi connectivity index (χ0n) is 15.9. The molecule has 6 nitrogen and oxygen atoms in total. The summed E-state index contributed by atoms with van der Waals surface area (Å²) in [7, 11) is -3.63. The lowest BCUT2D eigenvalue weighted by atomic mass is 9.94. The Morgan fingerprint density at radius 3 is 2.57 bits per heavy atom. The molecule has 2 atom stereocenters. The first-order chi connectivity index (χ1) is 13.3. The van der Waals surface area contributed by atoms with E-state index in [0.717, 1.165) is 12.0 Å². The monoisotopic (exact) mass is 421 g/mol. The third-order valence-corrected chi connectivity index (χ3v) is 6.86. The Labute approximate surface area is 171 Å². The molecular formula is C20H24ClN3O3S. The van der Waals surface area contributed by atoms with Gasteiger partial charge in [-0.1, -0.05) is 37.6 Å². The number of rotatable bonds is 5. The molecule has 1 aliphatic heterocycles. The highest BCUT2D eigenvalue weighted by Crippen LogP contribution is 2.27. The number of amides is 1. The van der Waals surface area contributed by atoms with E-state index in [1.165, 1.54) is 10.4 Å². The van der Waals surface area contributed by atoms with E-state index in [1.54, 1.807) is 36.5 Å². The Morgan fingerprint density at radius 1 is 1.21 bits per heavy atom. The number of piperidine rings is 1. The van der Waals surface area contributed by atoms with Gasteiger partial charge in [-0.25, -0.2) is 13.4 Å². The van der Waals surface area contributed by atoms with Crippen molar-refractivity contribution in [3.05, 3.63) is 58.9 Å². The molecular weight excluding hydrogens is 398 g/mol. The number of nitrogens with zero attached hydrogens (tertiary/aromatic N) is 2. The van der Waals surface area contributed by atoms with Crippen molar-refractivity contribution >= 4 is 27.5 Å². The molecule has 0 bridgehead atoms. The van der Waals surface area contributed by atoms with Gasteiger partial charge in [-0.2, -0.15) is 4.31 Å². The summed E-state index contributed by atoms with van der Waals surface area (Å²) in [5.41, 5.74) is 1.11. The number of carbonyl (C=O) groups excluding carboxylic acids is 1. The zero-order valence-corrected chi connectivity index (χ0v) is 17.5. The van der Waals surface area contributed by atoms with Gasteiger partial charge in [-0.05, 0) is 48.1 Å². The number of hydrogen-bond donors (Lipinski definition) is 1. The third-order valence-electron chi connectivity index (χ3n) is 4.81. The van der Waals surface area contributed by atoms with Crippen LogP contribution in [0.3, 0.4) is 0 Å². The molecule has 1 aromatic heterocycles. The maximum atomic E-state index is 13.0. The fourth-order valence-corrected chi connectivity index (χ4v) is 5.38. The molecule has 0 saturated carbocycles. The Hall–Kier alpha value is -1.96. The normalized spacial score (nSPS) is 20.7. The Kier molecular flexibility index (Phi) is 6.37. The van der Waals surface area contributed by atoms with Gasteiger partial charge < -0.3 is 5.32 Å². The van der Waals surface area contributed by atoms with Gasteiger partial charge in [0, 0.05) is 31.4 Å². The van der Waals surface area contributed by atoms with Gasteiger partial charge >= 0.3 is 0 Å². The number of aromatic nitrogens is 1. The van der Waals surface area contributed by atoms with E-state index in [-0.39, 0.29) is 17.3 Å². The van der Waals surface area contributed by atoms with Gasteiger partial charge in [0.05, 0.1) is 4.90 Å². The fraction of sp³-hybridized carbons (Fsp3) is 0.400. The smallest absolute Gasteiger partial charge is 0.251 e. The molecule has 1 aliphatic rings. The van der Waals surface area contributed by atoms with Crippen molar-refractivity contribution in [2.75, 3.05) is 13.1 Å². The first kappa shape index (κ1) is 20.8. The average molecular weight is 422 g/mol. The molecule has 1 fully saturated rings. The molecule has 1 N–H and O–H groups in total. The van der Waals surface area contributed by atoms with Crippen molar-refractivity contribution in [1.29, 1.82) is 0 Å². The minimum atomic E-state index is -3.63. The van der Waals surface area contributed by atoms with E-state index in [2.05, 4.69) is 24.1 Å². The average Bonchev–Trinajstić information content (AvgIpc) is 2.66. The van der Waals surface area contributed by atoms with Crippen LogP contribution in [-0.2, 0) is 16.6 Å². The van der Waals surface area contributed by atoms with E-state index >= 15 is 0 Å². The SMILES string of the molecule is CC1CC(C)CN(S(=O)(=O)c2cccc(C(=O)NCc3ccc(Cl)nc3)c2)C1. The minimum Gasteiger partial charge on any atom is -0.348 e. The van der Waals surface area contributed by atoms with Crippen LogP contribution in [0.4, 0.5) is 0 Å². The second kappa shape index (κ2) is 8.59. The Bertz CT molecular complexity index is 937. The van der Waals surface area contributed by atoms with E-state index in [0.29, 0.717) is 35.6 Å². The molecule has 1 saturated heterocycles. The van der Waals surface area contributed by atoms with Gasteiger partial charge in [0.1, 0.15) is 5.15 Å². The van der Waals surface area contributed by atoms with Gasteiger partial charge in [0.15, 0.2) is 0 Å². The lowest BCUT2D eigenvalue weighted by molar-refractivity contribution is 0.0950. The van der Waals surface area contributed by atoms with Gasteiger partial charge in [0.25, 0.3) is 5.91 Å². The molecule has 150 valence electrons. The molecule has 0 spiro atoms. The first-order valence-electron chi connectivity index (χ1n) is 9.24. The summed E-state index contributed by atoms with van der Waals surface area (Å²) in [6.07, 6.45) is 2.61. The molecule has 2 aromatic rings. The molecule has 3 rings (SSSR count). The third kappa shape index (κ3) is 4.90. The molecule has 1 aromatic carbocycles. The van der Waals surface area contributed by atoms with Crippen molar-refractivity contribution in [2.45, 2.75) is 31.7 Å². The molecule has 0 aliphatic carbocycles. The van der Waals surface area contributed by atoms with Crippen molar-refractivity contribution in [2.24, 2.45) is 11.8 Å².